The second-order valence-electron chi connectivity index (χ2n) is 10.9. The predicted octanol–water partition coefficient (Wildman–Crippen LogP) is 5.89. The van der Waals surface area contributed by atoms with Crippen molar-refractivity contribution in [3.05, 3.63) is 73.1 Å². The van der Waals surface area contributed by atoms with E-state index in [2.05, 4.69) is 103 Å². The van der Waals surface area contributed by atoms with Crippen LogP contribution in [0.2, 0.25) is 0 Å². The monoisotopic (exact) mass is 510 g/mol. The van der Waals surface area contributed by atoms with Crippen LogP contribution in [0.3, 0.4) is 0 Å². The maximum absolute atomic E-state index is 4.62. The van der Waals surface area contributed by atoms with Gasteiger partial charge in [0.15, 0.2) is 0 Å². The highest BCUT2D eigenvalue weighted by Crippen LogP contribution is 2.36. The molecule has 0 radical (unpaired) electrons. The molecule has 36 heavy (non-hydrogen) atoms. The largest absolute Gasteiger partial charge is 0.380 e. The van der Waals surface area contributed by atoms with Crippen LogP contribution in [0.5, 0.6) is 0 Å². The molecule has 0 spiro atoms. The molecule has 1 aromatic rings. The topological polar surface area (TPSA) is 30.5 Å². The van der Waals surface area contributed by atoms with E-state index in [1.54, 1.807) is 0 Å². The summed E-state index contributed by atoms with van der Waals surface area (Å²) in [5.41, 5.74) is 3.63. The van der Waals surface area contributed by atoms with Crippen molar-refractivity contribution in [3.8, 4) is 0 Å². The van der Waals surface area contributed by atoms with Crippen LogP contribution in [-0.4, -0.2) is 65.3 Å². The van der Waals surface area contributed by atoms with Crippen molar-refractivity contribution in [2.75, 3.05) is 20.1 Å². The number of likely N-dealkylation sites (N-methyl/N-ethyl adjacent to an activating group) is 1. The van der Waals surface area contributed by atoms with Gasteiger partial charge in [0.25, 0.3) is 0 Å². The summed E-state index contributed by atoms with van der Waals surface area (Å²) in [7, 11) is 0.665. The third kappa shape index (κ3) is 7.08. The van der Waals surface area contributed by atoms with E-state index in [0.717, 1.165) is 37.4 Å². The third-order valence-electron chi connectivity index (χ3n) is 8.28. The lowest BCUT2D eigenvalue weighted by Gasteiger charge is -2.39. The molecule has 1 heterocycles. The van der Waals surface area contributed by atoms with E-state index in [1.165, 1.54) is 36.8 Å². The Morgan fingerprint density at radius 1 is 1.11 bits per heavy atom. The second kappa shape index (κ2) is 13.0. The summed E-state index contributed by atoms with van der Waals surface area (Å²) in [5, 5.41) is 7.29. The van der Waals surface area contributed by atoms with Crippen LogP contribution >= 0.6 is 9.39 Å². The van der Waals surface area contributed by atoms with Gasteiger partial charge >= 0.3 is 0 Å². The zero-order chi connectivity index (χ0) is 26.3. The van der Waals surface area contributed by atoms with Crippen molar-refractivity contribution in [2.45, 2.75) is 82.3 Å². The van der Waals surface area contributed by atoms with Crippen molar-refractivity contribution in [3.63, 3.8) is 0 Å². The molecule has 3 rings (SSSR count). The van der Waals surface area contributed by atoms with Gasteiger partial charge in [-0.05, 0) is 70.2 Å². The van der Waals surface area contributed by atoms with Crippen LogP contribution in [0, 0.1) is 5.92 Å². The zero-order valence-electron chi connectivity index (χ0n) is 23.1. The highest BCUT2D eigenvalue weighted by atomic mass is 32.2. The fourth-order valence-electron chi connectivity index (χ4n) is 6.17. The molecule has 1 aliphatic carbocycles. The molecule has 1 saturated heterocycles. The first-order valence-electron chi connectivity index (χ1n) is 13.6. The summed E-state index contributed by atoms with van der Waals surface area (Å²) >= 11 is 0. The highest BCUT2D eigenvalue weighted by molar-refractivity contribution is 8.25. The van der Waals surface area contributed by atoms with Crippen LogP contribution in [0.25, 0.3) is 0 Å². The molecule has 2 aliphatic rings. The Labute approximate surface area is 222 Å². The Morgan fingerprint density at radius 2 is 1.78 bits per heavy atom. The molecule has 0 aromatic heterocycles. The van der Waals surface area contributed by atoms with Gasteiger partial charge in [0.1, 0.15) is 0 Å². The van der Waals surface area contributed by atoms with Gasteiger partial charge in [0, 0.05) is 42.7 Å². The lowest BCUT2D eigenvalue weighted by atomic mass is 9.79. The van der Waals surface area contributed by atoms with Gasteiger partial charge in [-0.15, -0.1) is 0 Å². The third-order valence-corrected chi connectivity index (χ3v) is 10.7. The molecule has 2 fully saturated rings. The molecule has 1 aliphatic heterocycles. The summed E-state index contributed by atoms with van der Waals surface area (Å²) in [6.07, 6.45) is 9.17. The van der Waals surface area contributed by atoms with Gasteiger partial charge < -0.3 is 15.5 Å². The molecule has 3 unspecified atom stereocenters. The Morgan fingerprint density at radius 3 is 2.33 bits per heavy atom. The maximum atomic E-state index is 4.62. The minimum absolute atomic E-state index is 0.259. The normalized spacial score (nSPS) is 25.5. The maximum Gasteiger partial charge on any atom is 0.0681 e. The fourth-order valence-corrected chi connectivity index (χ4v) is 8.20. The van der Waals surface area contributed by atoms with Gasteiger partial charge in [0.05, 0.1) is 6.04 Å². The highest BCUT2D eigenvalue weighted by Gasteiger charge is 2.36. The van der Waals surface area contributed by atoms with Gasteiger partial charge in [-0.3, -0.25) is 4.31 Å². The number of hydrogen-bond acceptors (Lipinski definition) is 4. The Hall–Kier alpha value is -1.95. The van der Waals surface area contributed by atoms with Crippen molar-refractivity contribution >= 4 is 21.1 Å². The van der Waals surface area contributed by atoms with E-state index >= 15 is 0 Å². The molecule has 1 saturated carbocycles. The number of hydrogen-bond donors (Lipinski definition) is 2. The first kappa shape index (κ1) is 28.6. The summed E-state index contributed by atoms with van der Waals surface area (Å²) < 4.78 is 2.51. The molecular weight excluding hydrogens is 460 g/mol. The van der Waals surface area contributed by atoms with Crippen LogP contribution in [0.4, 0.5) is 0 Å². The molecule has 4 nitrogen and oxygen atoms in total. The van der Waals surface area contributed by atoms with Crippen LogP contribution in [0.1, 0.15) is 57.9 Å². The summed E-state index contributed by atoms with van der Waals surface area (Å²) in [5.74, 6) is 10.8. The zero-order valence-corrected chi connectivity index (χ0v) is 23.9. The van der Waals surface area contributed by atoms with E-state index in [1.807, 2.05) is 6.20 Å². The van der Waals surface area contributed by atoms with E-state index in [4.69, 9.17) is 0 Å². The van der Waals surface area contributed by atoms with Gasteiger partial charge in [0.2, 0.25) is 0 Å². The van der Waals surface area contributed by atoms with Crippen molar-refractivity contribution in [1.82, 2.24) is 19.8 Å². The molecule has 0 bridgehead atoms. The smallest absolute Gasteiger partial charge is 0.0681 e. The molecule has 200 valence electrons. The second-order valence-corrected chi connectivity index (χ2v) is 13.7. The summed E-state index contributed by atoms with van der Waals surface area (Å²) in [4.78, 5) is 2.43. The fraction of sp³-hybridized carbons (Fsp3) is 0.548. The van der Waals surface area contributed by atoms with E-state index in [0.29, 0.717) is 18.0 Å². The number of likely N-dealkylation sites (tertiary alicyclic amines) is 1. The average molecular weight is 511 g/mol. The standard InChI is InChI=1S/C31H50N4S/c1-9-34(36(7,8)23-26-14-12-11-13-15-26)22-29-20-21-30(35(29)10-2)25(5)33-31(24(3)4)27-16-18-28(32-6)19-17-27/h10-15,27-33H,2-3,5,7-9,16-23H2,1,4,6H3. The minimum Gasteiger partial charge on any atom is -0.380 e. The summed E-state index contributed by atoms with van der Waals surface area (Å²) in [6.45, 7) is 19.4. The molecular formula is C31H50N4S. The van der Waals surface area contributed by atoms with E-state index in [9.17, 15) is 0 Å². The minimum atomic E-state index is -1.42. The predicted molar refractivity (Wildman–Crippen MR) is 164 cm³/mol. The van der Waals surface area contributed by atoms with E-state index < -0.39 is 9.39 Å². The van der Waals surface area contributed by atoms with Gasteiger partial charge in [-0.2, -0.15) is 9.39 Å². The van der Waals surface area contributed by atoms with Crippen LogP contribution in [-0.2, 0) is 5.75 Å². The number of nitrogens with one attached hydrogen (secondary N) is 2. The number of rotatable bonds is 13. The molecule has 0 amide bonds. The van der Waals surface area contributed by atoms with E-state index in [-0.39, 0.29) is 12.1 Å². The quantitative estimate of drug-likeness (QED) is 0.256. The van der Waals surface area contributed by atoms with Crippen LogP contribution < -0.4 is 10.6 Å². The first-order chi connectivity index (χ1) is 17.2. The lowest BCUT2D eigenvalue weighted by molar-refractivity contribution is 0.240. The number of nitrogens with zero attached hydrogens (tertiary/aromatic N) is 2. The average Bonchev–Trinajstić information content (AvgIpc) is 3.28. The molecule has 3 atom stereocenters. The molecule has 1 aromatic carbocycles. The lowest BCUT2D eigenvalue weighted by Crippen LogP contribution is -2.46. The van der Waals surface area contributed by atoms with Gasteiger partial charge in [-0.25, -0.2) is 0 Å². The molecule has 2 N–H and O–H groups in total. The first-order valence-corrected chi connectivity index (χ1v) is 15.7. The van der Waals surface area contributed by atoms with Crippen molar-refractivity contribution in [2.24, 2.45) is 5.92 Å². The summed E-state index contributed by atoms with van der Waals surface area (Å²) in [6, 6.07) is 12.2. The van der Waals surface area contributed by atoms with Gasteiger partial charge in [-0.1, -0.05) is 74.3 Å². The Kier molecular flexibility index (Phi) is 10.4. The number of benzene rings is 1. The van der Waals surface area contributed by atoms with Crippen LogP contribution in [0.15, 0.2) is 67.5 Å². The van der Waals surface area contributed by atoms with Crippen molar-refractivity contribution in [1.29, 1.82) is 0 Å². The SMILES string of the molecule is C=CN1C(CN(CC)S(=C)(=C)Cc2ccccc2)CCC1C(=C)NC(C(=C)C)C1CCC(NC)CC1. The Balaban J connectivity index is 1.64. The Bertz CT molecular complexity index is 975. The molecule has 5 heteroatoms. The van der Waals surface area contributed by atoms with Crippen molar-refractivity contribution < 1.29 is 0 Å².